The van der Waals surface area contributed by atoms with E-state index in [0.717, 1.165) is 5.56 Å². The number of alkyl carbamates (subject to hydrolysis) is 1. The highest BCUT2D eigenvalue weighted by Gasteiger charge is 2.38. The number of esters is 1. The monoisotopic (exact) mass is 461 g/mol. The smallest absolute Gasteiger partial charge is 0.408 e. The van der Waals surface area contributed by atoms with Crippen LogP contribution in [0.1, 0.15) is 58.9 Å². The van der Waals surface area contributed by atoms with Gasteiger partial charge < -0.3 is 24.4 Å². The molecule has 1 fully saturated rings. The summed E-state index contributed by atoms with van der Waals surface area (Å²) < 4.78 is 15.5. The summed E-state index contributed by atoms with van der Waals surface area (Å²) in [6.07, 6.45) is 5.46. The van der Waals surface area contributed by atoms with Crippen molar-refractivity contribution in [3.8, 4) is 5.88 Å². The van der Waals surface area contributed by atoms with E-state index < -0.39 is 17.7 Å². The number of rotatable bonds is 9. The number of hydrogen-bond donors (Lipinski definition) is 1. The van der Waals surface area contributed by atoms with Crippen molar-refractivity contribution < 1.29 is 28.6 Å². The van der Waals surface area contributed by atoms with Gasteiger partial charge in [-0.25, -0.2) is 9.78 Å². The standard InChI is InChI=1S/C24H35N3O6/c1-7-32-21(28)14-17(18-10-11-20(31-6)25-15-18)9-8-12-27-16(2)13-19(22(27)29)26-23(30)33-24(3,4)5/h8-11,15-17,19H,7,12-14H2,1-6H3,(H,26,30)/b9-8+. The summed E-state index contributed by atoms with van der Waals surface area (Å²) in [5.41, 5.74) is 0.203. The number of carbonyl (C=O) groups is 3. The number of nitrogens with one attached hydrogen (secondary N) is 1. The number of amides is 2. The van der Waals surface area contributed by atoms with Crippen LogP contribution in [0.5, 0.6) is 5.88 Å². The summed E-state index contributed by atoms with van der Waals surface area (Å²) >= 11 is 0. The van der Waals surface area contributed by atoms with Gasteiger partial charge in [0, 0.05) is 30.8 Å². The van der Waals surface area contributed by atoms with E-state index in [9.17, 15) is 14.4 Å². The zero-order valence-corrected chi connectivity index (χ0v) is 20.3. The molecule has 0 radical (unpaired) electrons. The predicted molar refractivity (Wildman–Crippen MR) is 123 cm³/mol. The number of carbonyl (C=O) groups excluding carboxylic acids is 3. The van der Waals surface area contributed by atoms with E-state index in [1.807, 2.05) is 25.1 Å². The maximum Gasteiger partial charge on any atom is 0.408 e. The zero-order valence-electron chi connectivity index (χ0n) is 20.3. The molecule has 1 saturated heterocycles. The summed E-state index contributed by atoms with van der Waals surface area (Å²) in [6.45, 7) is 9.68. The Morgan fingerprint density at radius 2 is 2.06 bits per heavy atom. The van der Waals surface area contributed by atoms with Crippen molar-refractivity contribution in [1.82, 2.24) is 15.2 Å². The van der Waals surface area contributed by atoms with Crippen molar-refractivity contribution in [2.24, 2.45) is 0 Å². The minimum absolute atomic E-state index is 0.0479. The third kappa shape index (κ3) is 8.07. The third-order valence-electron chi connectivity index (χ3n) is 5.14. The Hall–Kier alpha value is -3.10. The first-order valence-corrected chi connectivity index (χ1v) is 11.2. The highest BCUT2D eigenvalue weighted by atomic mass is 16.6. The number of nitrogens with zero attached hydrogens (tertiary/aromatic N) is 2. The van der Waals surface area contributed by atoms with Crippen molar-refractivity contribution >= 4 is 18.0 Å². The molecule has 9 nitrogen and oxygen atoms in total. The van der Waals surface area contributed by atoms with Crippen molar-refractivity contribution in [1.29, 1.82) is 0 Å². The predicted octanol–water partition coefficient (Wildman–Crippen LogP) is 3.20. The number of aromatic nitrogens is 1. The third-order valence-corrected chi connectivity index (χ3v) is 5.14. The molecule has 0 saturated carbocycles. The maximum absolute atomic E-state index is 12.8. The fourth-order valence-corrected chi connectivity index (χ4v) is 3.59. The molecule has 9 heteroatoms. The van der Waals surface area contributed by atoms with E-state index in [4.69, 9.17) is 14.2 Å². The van der Waals surface area contributed by atoms with E-state index in [2.05, 4.69) is 10.3 Å². The molecule has 0 aliphatic carbocycles. The number of pyridine rings is 1. The average molecular weight is 462 g/mol. The lowest BCUT2D eigenvalue weighted by molar-refractivity contribution is -0.143. The molecule has 2 rings (SSSR count). The molecule has 3 unspecified atom stereocenters. The highest BCUT2D eigenvalue weighted by molar-refractivity contribution is 5.88. The quantitative estimate of drug-likeness (QED) is 0.444. The average Bonchev–Trinajstić information content (AvgIpc) is 2.99. The minimum atomic E-state index is -0.635. The normalized spacial score (nSPS) is 19.5. The number of allylic oxidation sites excluding steroid dienone is 1. The Morgan fingerprint density at radius 1 is 1.33 bits per heavy atom. The van der Waals surface area contributed by atoms with Crippen LogP contribution in [-0.4, -0.2) is 65.8 Å². The topological polar surface area (TPSA) is 107 Å². The lowest BCUT2D eigenvalue weighted by Gasteiger charge is -2.22. The molecule has 1 N–H and O–H groups in total. The molecule has 3 atom stereocenters. The summed E-state index contributed by atoms with van der Waals surface area (Å²) in [7, 11) is 1.54. The summed E-state index contributed by atoms with van der Waals surface area (Å²) in [5.74, 6) is -0.245. The van der Waals surface area contributed by atoms with Crippen LogP contribution in [0.3, 0.4) is 0 Å². The second-order valence-corrected chi connectivity index (χ2v) is 8.95. The van der Waals surface area contributed by atoms with Crippen LogP contribution in [0, 0.1) is 0 Å². The zero-order chi connectivity index (χ0) is 24.6. The van der Waals surface area contributed by atoms with E-state index in [1.165, 1.54) is 7.11 Å². The molecule has 0 bridgehead atoms. The van der Waals surface area contributed by atoms with Gasteiger partial charge >= 0.3 is 12.1 Å². The lowest BCUT2D eigenvalue weighted by Crippen LogP contribution is -2.43. The number of methoxy groups -OCH3 is 1. The van der Waals surface area contributed by atoms with Crippen LogP contribution in [0.15, 0.2) is 30.5 Å². The SMILES string of the molecule is CCOC(=O)CC(/C=C/CN1C(=O)C(NC(=O)OC(C)(C)C)CC1C)c1ccc(OC)nc1. The second kappa shape index (κ2) is 11.7. The van der Waals surface area contributed by atoms with E-state index in [1.54, 1.807) is 44.9 Å². The molecule has 1 aromatic rings. The van der Waals surface area contributed by atoms with Gasteiger partial charge in [0.25, 0.3) is 0 Å². The molecule has 1 aliphatic rings. The largest absolute Gasteiger partial charge is 0.481 e. The summed E-state index contributed by atoms with van der Waals surface area (Å²) in [4.78, 5) is 42.9. The van der Waals surface area contributed by atoms with E-state index >= 15 is 0 Å². The fraction of sp³-hybridized carbons (Fsp3) is 0.583. The first kappa shape index (κ1) is 26.2. The molecule has 0 spiro atoms. The maximum atomic E-state index is 12.8. The van der Waals surface area contributed by atoms with Crippen LogP contribution in [0.2, 0.25) is 0 Å². The van der Waals surface area contributed by atoms with Gasteiger partial charge in [-0.05, 0) is 46.6 Å². The minimum Gasteiger partial charge on any atom is -0.481 e. The van der Waals surface area contributed by atoms with Crippen molar-refractivity contribution in [3.63, 3.8) is 0 Å². The fourth-order valence-electron chi connectivity index (χ4n) is 3.59. The molecule has 2 heterocycles. The summed E-state index contributed by atoms with van der Waals surface area (Å²) in [5, 5.41) is 2.66. The van der Waals surface area contributed by atoms with Crippen LogP contribution in [-0.2, 0) is 19.1 Å². The Kier molecular flexibility index (Phi) is 9.25. The number of ether oxygens (including phenoxy) is 3. The molecule has 2 amide bonds. The summed E-state index contributed by atoms with van der Waals surface area (Å²) in [6, 6.07) is 2.92. The molecule has 182 valence electrons. The first-order valence-electron chi connectivity index (χ1n) is 11.2. The van der Waals surface area contributed by atoms with E-state index in [-0.39, 0.29) is 30.3 Å². The van der Waals surface area contributed by atoms with Crippen LogP contribution >= 0.6 is 0 Å². The Balaban J connectivity index is 2.05. The van der Waals surface area contributed by atoms with Crippen molar-refractivity contribution in [2.75, 3.05) is 20.3 Å². The van der Waals surface area contributed by atoms with Gasteiger partial charge in [0.1, 0.15) is 11.6 Å². The Labute approximate surface area is 195 Å². The first-order chi connectivity index (χ1) is 15.5. The lowest BCUT2D eigenvalue weighted by atomic mass is 9.96. The van der Waals surface area contributed by atoms with Gasteiger partial charge in [-0.2, -0.15) is 0 Å². The van der Waals surface area contributed by atoms with Crippen molar-refractivity contribution in [3.05, 3.63) is 36.0 Å². The van der Waals surface area contributed by atoms with E-state index in [0.29, 0.717) is 25.5 Å². The number of hydrogen-bond acceptors (Lipinski definition) is 7. The second-order valence-electron chi connectivity index (χ2n) is 8.95. The molecular weight excluding hydrogens is 426 g/mol. The van der Waals surface area contributed by atoms with Gasteiger partial charge in [0.15, 0.2) is 0 Å². The molecule has 1 aromatic heterocycles. The Bertz CT molecular complexity index is 847. The molecular formula is C24H35N3O6. The molecule has 0 aromatic carbocycles. The molecule has 33 heavy (non-hydrogen) atoms. The molecule has 1 aliphatic heterocycles. The number of likely N-dealkylation sites (tertiary alicyclic amines) is 1. The van der Waals surface area contributed by atoms with Crippen LogP contribution in [0.25, 0.3) is 0 Å². The highest BCUT2D eigenvalue weighted by Crippen LogP contribution is 2.24. The van der Waals surface area contributed by atoms with Crippen LogP contribution < -0.4 is 10.1 Å². The van der Waals surface area contributed by atoms with Gasteiger partial charge in [-0.15, -0.1) is 0 Å². The van der Waals surface area contributed by atoms with Gasteiger partial charge in [-0.1, -0.05) is 18.2 Å². The van der Waals surface area contributed by atoms with Gasteiger partial charge in [0.2, 0.25) is 11.8 Å². The van der Waals surface area contributed by atoms with Gasteiger partial charge in [0.05, 0.1) is 20.1 Å². The van der Waals surface area contributed by atoms with Crippen LogP contribution in [0.4, 0.5) is 4.79 Å². The van der Waals surface area contributed by atoms with Crippen molar-refractivity contribution in [2.45, 2.75) is 71.1 Å². The Morgan fingerprint density at radius 3 is 2.64 bits per heavy atom. The van der Waals surface area contributed by atoms with Gasteiger partial charge in [-0.3, -0.25) is 9.59 Å².